The van der Waals surface area contributed by atoms with E-state index >= 15 is 0 Å². The van der Waals surface area contributed by atoms with Crippen molar-refractivity contribution in [1.82, 2.24) is 14.7 Å². The average Bonchev–Trinajstić information content (AvgIpc) is 2.98. The molecule has 0 aliphatic carbocycles. The molecule has 1 aromatic heterocycles. The fraction of sp³-hybridized carbons (Fsp3) is 0.438. The number of aliphatic hydroxyl groups is 1. The summed E-state index contributed by atoms with van der Waals surface area (Å²) in [5.74, 6) is -1.01. The maximum atomic E-state index is 10.5. The minimum absolute atomic E-state index is 0.333. The van der Waals surface area contributed by atoms with Crippen LogP contribution in [-0.2, 0) is 4.74 Å². The zero-order chi connectivity index (χ0) is 17.2. The summed E-state index contributed by atoms with van der Waals surface area (Å²) in [6.45, 7) is 4.90. The van der Waals surface area contributed by atoms with Crippen LogP contribution in [0.1, 0.15) is 6.92 Å². The van der Waals surface area contributed by atoms with E-state index < -0.39 is 5.79 Å². The van der Waals surface area contributed by atoms with Gasteiger partial charge in [-0.25, -0.2) is 4.68 Å². The molecule has 1 N–H and O–H groups in total. The van der Waals surface area contributed by atoms with Gasteiger partial charge in [0.25, 0.3) is 0 Å². The predicted molar refractivity (Wildman–Crippen MR) is 92.1 cm³/mol. The summed E-state index contributed by atoms with van der Waals surface area (Å²) >= 11 is 11.9. The summed E-state index contributed by atoms with van der Waals surface area (Å²) < 4.78 is 12.6. The van der Waals surface area contributed by atoms with E-state index in [1.54, 1.807) is 42.1 Å². The van der Waals surface area contributed by atoms with E-state index in [0.29, 0.717) is 35.7 Å². The Morgan fingerprint density at radius 2 is 2.00 bits per heavy atom. The Morgan fingerprint density at radius 3 is 2.71 bits per heavy atom. The molecule has 1 unspecified atom stereocenters. The van der Waals surface area contributed by atoms with E-state index in [1.165, 1.54) is 0 Å². The Morgan fingerprint density at radius 1 is 1.25 bits per heavy atom. The summed E-state index contributed by atoms with van der Waals surface area (Å²) in [6.07, 6.45) is 1.74. The molecule has 1 saturated heterocycles. The van der Waals surface area contributed by atoms with Gasteiger partial charge < -0.3 is 14.6 Å². The summed E-state index contributed by atoms with van der Waals surface area (Å²) in [6, 6.07) is 6.91. The third-order valence-corrected chi connectivity index (χ3v) is 4.42. The Labute approximate surface area is 150 Å². The molecular weight excluding hydrogens is 353 g/mol. The molecule has 1 atom stereocenters. The van der Waals surface area contributed by atoms with Gasteiger partial charge in [0.2, 0.25) is 11.7 Å². The Bertz CT molecular complexity index is 700. The maximum Gasteiger partial charge on any atom is 0.235 e. The topological polar surface area (TPSA) is 59.8 Å². The van der Waals surface area contributed by atoms with Crippen molar-refractivity contribution in [1.29, 1.82) is 0 Å². The molecule has 0 bridgehead atoms. The normalized spacial score (nSPS) is 18.3. The Kier molecular flexibility index (Phi) is 5.32. The van der Waals surface area contributed by atoms with E-state index in [4.69, 9.17) is 32.7 Å². The van der Waals surface area contributed by atoms with Crippen LogP contribution in [0.5, 0.6) is 5.88 Å². The van der Waals surface area contributed by atoms with Crippen LogP contribution in [0.2, 0.25) is 10.0 Å². The second-order valence-electron chi connectivity index (χ2n) is 5.86. The van der Waals surface area contributed by atoms with Crippen molar-refractivity contribution in [3.8, 4) is 11.6 Å². The second-order valence-corrected chi connectivity index (χ2v) is 6.68. The quantitative estimate of drug-likeness (QED) is 0.818. The first kappa shape index (κ1) is 17.5. The standard InChI is InChI=1S/C16H19Cl2N3O3/c1-16(22,11-20-6-8-23-9-7-20)24-15-4-5-21(19-15)12-2-3-13(17)14(18)10-12/h2-5,10,22H,6-9,11H2,1H3. The fourth-order valence-electron chi connectivity index (χ4n) is 2.56. The monoisotopic (exact) mass is 371 g/mol. The summed E-state index contributed by atoms with van der Waals surface area (Å²) in [5, 5.41) is 15.7. The van der Waals surface area contributed by atoms with Crippen molar-refractivity contribution < 1.29 is 14.6 Å². The number of hydrogen-bond donors (Lipinski definition) is 1. The van der Waals surface area contributed by atoms with Gasteiger partial charge in [0.05, 0.1) is 35.5 Å². The van der Waals surface area contributed by atoms with Gasteiger partial charge in [-0.15, -0.1) is 5.10 Å². The average molecular weight is 372 g/mol. The molecule has 0 amide bonds. The highest BCUT2D eigenvalue weighted by atomic mass is 35.5. The van der Waals surface area contributed by atoms with Gasteiger partial charge in [-0.2, -0.15) is 0 Å². The molecule has 1 aliphatic heterocycles. The first-order valence-electron chi connectivity index (χ1n) is 7.65. The van der Waals surface area contributed by atoms with Crippen LogP contribution in [0, 0.1) is 0 Å². The highest BCUT2D eigenvalue weighted by Gasteiger charge is 2.28. The van der Waals surface area contributed by atoms with Crippen molar-refractivity contribution in [3.05, 3.63) is 40.5 Å². The van der Waals surface area contributed by atoms with E-state index in [9.17, 15) is 5.11 Å². The van der Waals surface area contributed by atoms with Crippen LogP contribution >= 0.6 is 23.2 Å². The second kappa shape index (κ2) is 7.29. The number of hydrogen-bond acceptors (Lipinski definition) is 5. The lowest BCUT2D eigenvalue weighted by Crippen LogP contribution is -2.49. The lowest BCUT2D eigenvalue weighted by molar-refractivity contribution is -0.147. The number of halogens is 2. The molecule has 6 nitrogen and oxygen atoms in total. The molecule has 2 aromatic rings. The van der Waals surface area contributed by atoms with Gasteiger partial charge in [0.1, 0.15) is 0 Å². The number of aromatic nitrogens is 2. The van der Waals surface area contributed by atoms with E-state index in [2.05, 4.69) is 10.00 Å². The lowest BCUT2D eigenvalue weighted by Gasteiger charge is -2.33. The smallest absolute Gasteiger partial charge is 0.235 e. The number of benzene rings is 1. The molecule has 8 heteroatoms. The number of β-amino-alcohol motifs (C(OH)–C–C–N with tert-alkyl or cyclic N) is 1. The summed E-state index contributed by atoms with van der Waals surface area (Å²) in [7, 11) is 0. The van der Waals surface area contributed by atoms with E-state index in [-0.39, 0.29) is 0 Å². The Hall–Kier alpha value is -1.31. The van der Waals surface area contributed by atoms with Crippen LogP contribution in [0.3, 0.4) is 0 Å². The zero-order valence-corrected chi connectivity index (χ0v) is 14.8. The van der Waals surface area contributed by atoms with Gasteiger partial charge in [0, 0.05) is 32.3 Å². The SMILES string of the molecule is CC(O)(CN1CCOCC1)Oc1ccn(-c2ccc(Cl)c(Cl)c2)n1. The molecule has 2 heterocycles. The number of nitrogens with zero attached hydrogens (tertiary/aromatic N) is 3. The van der Waals surface area contributed by atoms with Gasteiger partial charge >= 0.3 is 0 Å². The fourth-order valence-corrected chi connectivity index (χ4v) is 2.86. The predicted octanol–water partition coefficient (Wildman–Crippen LogP) is 2.60. The zero-order valence-electron chi connectivity index (χ0n) is 13.3. The van der Waals surface area contributed by atoms with Crippen LogP contribution in [-0.4, -0.2) is 58.4 Å². The third-order valence-electron chi connectivity index (χ3n) is 3.68. The molecule has 0 saturated carbocycles. The van der Waals surface area contributed by atoms with Crippen LogP contribution in [0.4, 0.5) is 0 Å². The molecule has 1 fully saturated rings. The van der Waals surface area contributed by atoms with Crippen LogP contribution in [0.15, 0.2) is 30.5 Å². The van der Waals surface area contributed by atoms with Crippen LogP contribution < -0.4 is 4.74 Å². The van der Waals surface area contributed by atoms with Gasteiger partial charge in [-0.3, -0.25) is 4.90 Å². The third kappa shape index (κ3) is 4.40. The molecule has 1 aliphatic rings. The molecule has 130 valence electrons. The molecule has 3 rings (SSSR count). The van der Waals surface area contributed by atoms with Gasteiger partial charge in [-0.05, 0) is 18.2 Å². The largest absolute Gasteiger partial charge is 0.443 e. The first-order valence-corrected chi connectivity index (χ1v) is 8.41. The van der Waals surface area contributed by atoms with Gasteiger partial charge in [-0.1, -0.05) is 23.2 Å². The summed E-state index contributed by atoms with van der Waals surface area (Å²) in [5.41, 5.74) is 0.757. The van der Waals surface area contributed by atoms with Crippen molar-refractivity contribution in [2.45, 2.75) is 12.7 Å². The molecular formula is C16H19Cl2N3O3. The highest BCUT2D eigenvalue weighted by molar-refractivity contribution is 6.42. The molecule has 24 heavy (non-hydrogen) atoms. The lowest BCUT2D eigenvalue weighted by atomic mass is 10.2. The molecule has 0 spiro atoms. The van der Waals surface area contributed by atoms with E-state index in [1.807, 2.05) is 0 Å². The molecule has 1 aromatic carbocycles. The van der Waals surface area contributed by atoms with Crippen LogP contribution in [0.25, 0.3) is 5.69 Å². The molecule has 0 radical (unpaired) electrons. The highest BCUT2D eigenvalue weighted by Crippen LogP contribution is 2.25. The number of rotatable bonds is 5. The number of ether oxygens (including phenoxy) is 2. The van der Waals surface area contributed by atoms with Crippen molar-refractivity contribution in [2.75, 3.05) is 32.8 Å². The minimum Gasteiger partial charge on any atom is -0.443 e. The van der Waals surface area contributed by atoms with Crippen molar-refractivity contribution in [3.63, 3.8) is 0 Å². The Balaban J connectivity index is 1.67. The first-order chi connectivity index (χ1) is 11.4. The summed E-state index contributed by atoms with van der Waals surface area (Å²) in [4.78, 5) is 2.10. The minimum atomic E-state index is -1.34. The van der Waals surface area contributed by atoms with Gasteiger partial charge in [0.15, 0.2) is 0 Å². The van der Waals surface area contributed by atoms with Crippen molar-refractivity contribution >= 4 is 23.2 Å². The number of morpholine rings is 1. The maximum absolute atomic E-state index is 10.5. The van der Waals surface area contributed by atoms with Crippen molar-refractivity contribution in [2.24, 2.45) is 0 Å². The van der Waals surface area contributed by atoms with E-state index in [0.717, 1.165) is 18.8 Å².